The molecular weight excluding hydrogens is 356 g/mol. The highest BCUT2D eigenvalue weighted by molar-refractivity contribution is 7.22. The van der Waals surface area contributed by atoms with E-state index in [2.05, 4.69) is 20.5 Å². The number of methoxy groups -OCH3 is 1. The maximum atomic E-state index is 6.25. The molecule has 1 N–H and O–H groups in total. The molecule has 2 aromatic carbocycles. The van der Waals surface area contributed by atoms with Crippen LogP contribution in [0.2, 0.25) is 5.15 Å². The second-order valence-electron chi connectivity index (χ2n) is 5.28. The lowest BCUT2D eigenvalue weighted by atomic mass is 10.1. The molecular formula is C18H13ClN4OS. The summed E-state index contributed by atoms with van der Waals surface area (Å²) in [6.45, 7) is 0. The molecule has 0 spiro atoms. The highest BCUT2D eigenvalue weighted by Crippen LogP contribution is 2.26. The van der Waals surface area contributed by atoms with Crippen LogP contribution in [0.1, 0.15) is 5.56 Å². The number of para-hydroxylation sites is 1. The van der Waals surface area contributed by atoms with Gasteiger partial charge in [-0.25, -0.2) is 9.97 Å². The number of fused-ring (bicyclic) bond motifs is 2. The first kappa shape index (κ1) is 15.8. The fourth-order valence-corrected chi connectivity index (χ4v) is 3.45. The lowest BCUT2D eigenvalue weighted by molar-refractivity contribution is 0.415. The van der Waals surface area contributed by atoms with E-state index in [1.165, 1.54) is 0 Å². The summed E-state index contributed by atoms with van der Waals surface area (Å²) >= 11 is 7.79. The number of halogens is 1. The minimum Gasteiger partial charge on any atom is -0.497 e. The molecule has 25 heavy (non-hydrogen) atoms. The summed E-state index contributed by atoms with van der Waals surface area (Å²) in [7, 11) is 1.63. The van der Waals surface area contributed by atoms with Crippen LogP contribution in [0.3, 0.4) is 0 Å². The van der Waals surface area contributed by atoms with Crippen molar-refractivity contribution in [3.63, 3.8) is 0 Å². The minimum absolute atomic E-state index is 0.396. The van der Waals surface area contributed by atoms with Crippen LogP contribution in [0.25, 0.3) is 21.1 Å². The van der Waals surface area contributed by atoms with Gasteiger partial charge >= 0.3 is 0 Å². The smallest absolute Gasteiger partial charge is 0.204 e. The van der Waals surface area contributed by atoms with Gasteiger partial charge in [-0.15, -0.1) is 0 Å². The maximum absolute atomic E-state index is 6.25. The van der Waals surface area contributed by atoms with E-state index in [0.29, 0.717) is 5.15 Å². The quantitative estimate of drug-likeness (QED) is 0.314. The maximum Gasteiger partial charge on any atom is 0.204 e. The van der Waals surface area contributed by atoms with E-state index in [4.69, 9.17) is 16.3 Å². The molecule has 0 saturated heterocycles. The molecule has 0 aliphatic rings. The Morgan fingerprint density at radius 1 is 1.12 bits per heavy atom. The van der Waals surface area contributed by atoms with Gasteiger partial charge in [0.1, 0.15) is 10.9 Å². The molecule has 0 fully saturated rings. The number of nitrogens with zero attached hydrogens (tertiary/aromatic N) is 3. The molecule has 2 aromatic heterocycles. The van der Waals surface area contributed by atoms with E-state index in [1.807, 2.05) is 48.5 Å². The monoisotopic (exact) mass is 368 g/mol. The largest absolute Gasteiger partial charge is 0.497 e. The number of hydrazone groups is 1. The zero-order chi connectivity index (χ0) is 17.2. The Hall–Kier alpha value is -2.70. The zero-order valence-corrected chi connectivity index (χ0v) is 14.8. The Morgan fingerprint density at radius 2 is 2.00 bits per heavy atom. The second-order valence-corrected chi connectivity index (χ2v) is 6.67. The summed E-state index contributed by atoms with van der Waals surface area (Å²) in [6, 6.07) is 15.5. The Labute approximate surface area is 152 Å². The second kappa shape index (κ2) is 6.66. The van der Waals surface area contributed by atoms with Crippen molar-refractivity contribution in [2.75, 3.05) is 12.5 Å². The zero-order valence-electron chi connectivity index (χ0n) is 13.2. The van der Waals surface area contributed by atoms with Crippen molar-refractivity contribution in [1.82, 2.24) is 9.97 Å². The molecule has 7 heteroatoms. The van der Waals surface area contributed by atoms with Crippen molar-refractivity contribution < 1.29 is 4.74 Å². The fourth-order valence-electron chi connectivity index (χ4n) is 2.44. The van der Waals surface area contributed by atoms with Crippen molar-refractivity contribution in [3.8, 4) is 5.75 Å². The van der Waals surface area contributed by atoms with Crippen LogP contribution >= 0.6 is 22.9 Å². The minimum atomic E-state index is 0.396. The van der Waals surface area contributed by atoms with Gasteiger partial charge in [0.15, 0.2) is 0 Å². The van der Waals surface area contributed by atoms with E-state index in [1.54, 1.807) is 24.7 Å². The number of nitrogens with one attached hydrogen (secondary N) is 1. The van der Waals surface area contributed by atoms with Crippen LogP contribution in [0.15, 0.2) is 53.6 Å². The van der Waals surface area contributed by atoms with Gasteiger partial charge in [0.25, 0.3) is 0 Å². The SMILES string of the molecule is COc1ccc2nc(Cl)c(/C=N\Nc3nc4ccccc4s3)cc2c1. The van der Waals surface area contributed by atoms with Gasteiger partial charge in [0.05, 0.1) is 29.1 Å². The van der Waals surface area contributed by atoms with E-state index in [0.717, 1.165) is 37.6 Å². The van der Waals surface area contributed by atoms with Gasteiger partial charge in [-0.2, -0.15) is 5.10 Å². The molecule has 0 aliphatic carbocycles. The summed E-state index contributed by atoms with van der Waals surface area (Å²) in [6.07, 6.45) is 1.64. The topological polar surface area (TPSA) is 59.4 Å². The first-order chi connectivity index (χ1) is 12.2. The summed E-state index contributed by atoms with van der Waals surface area (Å²) < 4.78 is 6.36. The average Bonchev–Trinajstić information content (AvgIpc) is 3.04. The standard InChI is InChI=1S/C18H13ClN4OS/c1-24-13-6-7-14-11(9-13)8-12(17(19)21-14)10-20-23-18-22-15-4-2-3-5-16(15)25-18/h2-10H,1H3,(H,22,23)/b20-10-. The first-order valence-electron chi connectivity index (χ1n) is 7.52. The molecule has 124 valence electrons. The summed E-state index contributed by atoms with van der Waals surface area (Å²) in [5.41, 5.74) is 5.42. The third-order valence-electron chi connectivity index (χ3n) is 3.66. The molecule has 0 bridgehead atoms. The molecule has 0 saturated carbocycles. The third-order valence-corrected chi connectivity index (χ3v) is 4.90. The predicted octanol–water partition coefficient (Wildman–Crippen LogP) is 4.95. The van der Waals surface area contributed by atoms with Gasteiger partial charge in [-0.05, 0) is 36.4 Å². The Bertz CT molecular complexity index is 1060. The Kier molecular flexibility index (Phi) is 4.21. The Balaban J connectivity index is 1.60. The lowest BCUT2D eigenvalue weighted by Gasteiger charge is -2.04. The fraction of sp³-hybridized carbons (Fsp3) is 0.0556. The molecule has 5 nitrogen and oxygen atoms in total. The lowest BCUT2D eigenvalue weighted by Crippen LogP contribution is -1.93. The van der Waals surface area contributed by atoms with Crippen molar-refractivity contribution in [1.29, 1.82) is 0 Å². The van der Waals surface area contributed by atoms with Gasteiger partial charge in [-0.3, -0.25) is 5.43 Å². The van der Waals surface area contributed by atoms with Crippen molar-refractivity contribution >= 4 is 55.4 Å². The van der Waals surface area contributed by atoms with Crippen LogP contribution in [0.4, 0.5) is 5.13 Å². The van der Waals surface area contributed by atoms with E-state index >= 15 is 0 Å². The van der Waals surface area contributed by atoms with Crippen LogP contribution in [-0.2, 0) is 0 Å². The van der Waals surface area contributed by atoms with Crippen molar-refractivity contribution in [2.24, 2.45) is 5.10 Å². The van der Waals surface area contributed by atoms with Crippen LogP contribution in [0, 0.1) is 0 Å². The van der Waals surface area contributed by atoms with Crippen molar-refractivity contribution in [3.05, 3.63) is 59.2 Å². The van der Waals surface area contributed by atoms with E-state index in [9.17, 15) is 0 Å². The number of pyridine rings is 1. The first-order valence-corrected chi connectivity index (χ1v) is 8.71. The molecule has 2 heterocycles. The highest BCUT2D eigenvalue weighted by atomic mass is 35.5. The predicted molar refractivity (Wildman–Crippen MR) is 104 cm³/mol. The van der Waals surface area contributed by atoms with E-state index < -0.39 is 0 Å². The molecule has 4 rings (SSSR count). The molecule has 0 atom stereocenters. The number of benzene rings is 2. The number of ether oxygens (including phenoxy) is 1. The van der Waals surface area contributed by atoms with Crippen LogP contribution in [-0.4, -0.2) is 23.3 Å². The molecule has 0 aliphatic heterocycles. The van der Waals surface area contributed by atoms with Gasteiger partial charge < -0.3 is 4.74 Å². The Morgan fingerprint density at radius 3 is 2.84 bits per heavy atom. The van der Waals surface area contributed by atoms with Gasteiger partial charge in [-0.1, -0.05) is 35.1 Å². The van der Waals surface area contributed by atoms with Crippen molar-refractivity contribution in [2.45, 2.75) is 0 Å². The normalized spacial score (nSPS) is 11.4. The number of rotatable bonds is 4. The summed E-state index contributed by atoms with van der Waals surface area (Å²) in [5.74, 6) is 0.770. The number of thiazole rings is 1. The molecule has 4 aromatic rings. The molecule has 0 radical (unpaired) electrons. The summed E-state index contributed by atoms with van der Waals surface area (Å²) in [5, 5.41) is 6.29. The average molecular weight is 369 g/mol. The third kappa shape index (κ3) is 3.26. The van der Waals surface area contributed by atoms with E-state index in [-0.39, 0.29) is 0 Å². The van der Waals surface area contributed by atoms with Crippen LogP contribution in [0.5, 0.6) is 5.75 Å². The number of anilines is 1. The number of aromatic nitrogens is 2. The van der Waals surface area contributed by atoms with Gasteiger partial charge in [0, 0.05) is 10.9 Å². The number of hydrogen-bond donors (Lipinski definition) is 1. The highest BCUT2D eigenvalue weighted by Gasteiger charge is 2.05. The van der Waals surface area contributed by atoms with Crippen LogP contribution < -0.4 is 10.2 Å². The molecule has 0 amide bonds. The molecule has 0 unspecified atom stereocenters. The number of hydrogen-bond acceptors (Lipinski definition) is 6. The summed E-state index contributed by atoms with van der Waals surface area (Å²) in [4.78, 5) is 8.86. The van der Waals surface area contributed by atoms with Gasteiger partial charge in [0.2, 0.25) is 5.13 Å².